The molecule has 2 unspecified atom stereocenters. The van der Waals surface area contributed by atoms with E-state index in [0.29, 0.717) is 37.8 Å². The van der Waals surface area contributed by atoms with Gasteiger partial charge in [0.25, 0.3) is 0 Å². The average Bonchev–Trinajstić information content (AvgIpc) is 3.17. The number of nitrogens with zero attached hydrogens (tertiary/aromatic N) is 2. The van der Waals surface area contributed by atoms with Gasteiger partial charge in [0.2, 0.25) is 5.91 Å². The Bertz CT molecular complexity index is 757. The second-order valence-corrected chi connectivity index (χ2v) is 7.49. The molecule has 2 heterocycles. The Hall–Kier alpha value is -1.98. The summed E-state index contributed by atoms with van der Waals surface area (Å²) in [7, 11) is 0. The van der Waals surface area contributed by atoms with Crippen molar-refractivity contribution < 1.29 is 18.0 Å². The molecular formula is C20H26ClF3N4O. The van der Waals surface area contributed by atoms with E-state index >= 15 is 0 Å². The van der Waals surface area contributed by atoms with Crippen LogP contribution in [0.2, 0.25) is 0 Å². The molecule has 160 valence electrons. The lowest BCUT2D eigenvalue weighted by atomic mass is 9.78. The first kappa shape index (κ1) is 23.3. The molecule has 29 heavy (non-hydrogen) atoms. The van der Waals surface area contributed by atoms with Gasteiger partial charge in [-0.2, -0.15) is 18.4 Å². The second-order valence-electron chi connectivity index (χ2n) is 7.49. The van der Waals surface area contributed by atoms with Gasteiger partial charge in [0.15, 0.2) is 0 Å². The lowest BCUT2D eigenvalue weighted by Gasteiger charge is -2.37. The second kappa shape index (κ2) is 9.68. The molecular weight excluding hydrogens is 405 g/mol. The van der Waals surface area contributed by atoms with E-state index in [1.165, 1.54) is 6.07 Å². The fourth-order valence-corrected chi connectivity index (χ4v) is 4.43. The summed E-state index contributed by atoms with van der Waals surface area (Å²) in [6.07, 6.45) is -2.87. The lowest BCUT2D eigenvalue weighted by molar-refractivity contribution is -0.137. The number of hydrogen-bond acceptors (Lipinski definition) is 4. The monoisotopic (exact) mass is 430 g/mol. The number of carbonyl (C=O) groups is 1. The fourth-order valence-electron chi connectivity index (χ4n) is 4.43. The molecule has 1 aromatic rings. The molecule has 0 radical (unpaired) electrons. The summed E-state index contributed by atoms with van der Waals surface area (Å²) < 4.78 is 39.6. The molecule has 1 aromatic carbocycles. The Balaban J connectivity index is 0.00000300. The fraction of sp³-hybridized carbons (Fsp3) is 0.600. The molecule has 0 aromatic heterocycles. The van der Waals surface area contributed by atoms with Crippen molar-refractivity contribution in [3.63, 3.8) is 0 Å². The van der Waals surface area contributed by atoms with Gasteiger partial charge in [-0.1, -0.05) is 0 Å². The minimum atomic E-state index is -4.55. The molecule has 0 bridgehead atoms. The molecule has 2 aliphatic rings. The SMILES string of the molecule is CCNC(=O)C1CNCC1C1CCN(c2ccc(C#N)c(C(F)(F)F)c2)CC1.Cl. The van der Waals surface area contributed by atoms with Crippen LogP contribution in [-0.4, -0.2) is 38.6 Å². The first-order chi connectivity index (χ1) is 13.3. The molecule has 2 saturated heterocycles. The van der Waals surface area contributed by atoms with E-state index in [1.807, 2.05) is 11.8 Å². The molecule has 0 saturated carbocycles. The zero-order chi connectivity index (χ0) is 20.3. The number of carbonyl (C=O) groups excluding carboxylic acids is 1. The first-order valence-electron chi connectivity index (χ1n) is 9.69. The van der Waals surface area contributed by atoms with Crippen molar-refractivity contribution in [1.29, 1.82) is 5.26 Å². The summed E-state index contributed by atoms with van der Waals surface area (Å²) in [6.45, 7) is 5.29. The molecule has 9 heteroatoms. The number of piperidine rings is 1. The zero-order valence-electron chi connectivity index (χ0n) is 16.3. The maximum Gasteiger partial charge on any atom is 0.417 e. The molecule has 2 atom stereocenters. The normalized spacial score (nSPS) is 22.7. The van der Waals surface area contributed by atoms with E-state index in [0.717, 1.165) is 25.5 Å². The Morgan fingerprint density at radius 2 is 2.00 bits per heavy atom. The number of anilines is 1. The molecule has 0 spiro atoms. The minimum Gasteiger partial charge on any atom is -0.372 e. The van der Waals surface area contributed by atoms with E-state index in [9.17, 15) is 18.0 Å². The smallest absolute Gasteiger partial charge is 0.372 e. The number of nitrogens with one attached hydrogen (secondary N) is 2. The van der Waals surface area contributed by atoms with Crippen molar-refractivity contribution in [2.45, 2.75) is 25.9 Å². The van der Waals surface area contributed by atoms with Crippen LogP contribution in [0.15, 0.2) is 18.2 Å². The summed E-state index contributed by atoms with van der Waals surface area (Å²) in [6, 6.07) is 5.53. The van der Waals surface area contributed by atoms with Crippen molar-refractivity contribution in [3.05, 3.63) is 29.3 Å². The van der Waals surface area contributed by atoms with E-state index < -0.39 is 11.7 Å². The van der Waals surface area contributed by atoms with Crippen LogP contribution in [0.3, 0.4) is 0 Å². The van der Waals surface area contributed by atoms with Crippen LogP contribution in [0.5, 0.6) is 0 Å². The van der Waals surface area contributed by atoms with Gasteiger partial charge >= 0.3 is 6.18 Å². The van der Waals surface area contributed by atoms with Gasteiger partial charge in [-0.15, -0.1) is 12.4 Å². The largest absolute Gasteiger partial charge is 0.417 e. The standard InChI is InChI=1S/C20H25F3N4O.ClH/c1-2-26-19(28)17-12-25-11-16(17)13-5-7-27(8-6-13)15-4-3-14(10-24)18(9-15)20(21,22)23;/h3-4,9,13,16-17,25H,2,5-8,11-12H2,1H3,(H,26,28);1H. The van der Waals surface area contributed by atoms with Gasteiger partial charge < -0.3 is 15.5 Å². The summed E-state index contributed by atoms with van der Waals surface area (Å²) in [5.41, 5.74) is -0.742. The zero-order valence-corrected chi connectivity index (χ0v) is 17.1. The van der Waals surface area contributed by atoms with Gasteiger partial charge in [0, 0.05) is 31.9 Å². The van der Waals surface area contributed by atoms with Crippen molar-refractivity contribution in [1.82, 2.24) is 10.6 Å². The number of alkyl halides is 3. The van der Waals surface area contributed by atoms with Crippen LogP contribution < -0.4 is 15.5 Å². The maximum atomic E-state index is 13.2. The van der Waals surface area contributed by atoms with E-state index in [-0.39, 0.29) is 35.7 Å². The van der Waals surface area contributed by atoms with Crippen LogP contribution >= 0.6 is 12.4 Å². The summed E-state index contributed by atoms with van der Waals surface area (Å²) in [5.74, 6) is 0.685. The minimum absolute atomic E-state index is 0. The number of hydrogen-bond donors (Lipinski definition) is 2. The molecule has 3 rings (SSSR count). The molecule has 0 aliphatic carbocycles. The number of amides is 1. The maximum absolute atomic E-state index is 13.2. The predicted molar refractivity (Wildman–Crippen MR) is 107 cm³/mol. The number of halogens is 4. The van der Waals surface area contributed by atoms with Gasteiger partial charge in [0.05, 0.1) is 23.1 Å². The molecule has 1 amide bonds. The topological polar surface area (TPSA) is 68.2 Å². The van der Waals surface area contributed by atoms with Crippen molar-refractivity contribution in [3.8, 4) is 6.07 Å². The highest BCUT2D eigenvalue weighted by Gasteiger charge is 2.39. The number of rotatable bonds is 4. The van der Waals surface area contributed by atoms with Crippen molar-refractivity contribution in [2.24, 2.45) is 17.8 Å². The van der Waals surface area contributed by atoms with Gasteiger partial charge in [0.1, 0.15) is 0 Å². The molecule has 2 fully saturated rings. The number of benzene rings is 1. The third-order valence-electron chi connectivity index (χ3n) is 5.89. The Morgan fingerprint density at radius 3 is 2.59 bits per heavy atom. The Labute approximate surface area is 175 Å². The van der Waals surface area contributed by atoms with Crippen molar-refractivity contribution in [2.75, 3.05) is 37.6 Å². The summed E-state index contributed by atoms with van der Waals surface area (Å²) in [4.78, 5) is 14.2. The first-order valence-corrected chi connectivity index (χ1v) is 9.69. The van der Waals surface area contributed by atoms with E-state index in [2.05, 4.69) is 10.6 Å². The summed E-state index contributed by atoms with van der Waals surface area (Å²) >= 11 is 0. The molecule has 5 nitrogen and oxygen atoms in total. The Kier molecular flexibility index (Phi) is 7.78. The third kappa shape index (κ3) is 5.14. The van der Waals surface area contributed by atoms with E-state index in [4.69, 9.17) is 5.26 Å². The third-order valence-corrected chi connectivity index (χ3v) is 5.89. The lowest BCUT2D eigenvalue weighted by Crippen LogP contribution is -2.41. The Morgan fingerprint density at radius 1 is 1.31 bits per heavy atom. The van der Waals surface area contributed by atoms with Crippen LogP contribution in [0.25, 0.3) is 0 Å². The van der Waals surface area contributed by atoms with Gasteiger partial charge in [-0.3, -0.25) is 4.79 Å². The van der Waals surface area contributed by atoms with Crippen LogP contribution in [-0.2, 0) is 11.0 Å². The highest BCUT2D eigenvalue weighted by atomic mass is 35.5. The number of nitriles is 1. The van der Waals surface area contributed by atoms with Crippen LogP contribution in [0.4, 0.5) is 18.9 Å². The van der Waals surface area contributed by atoms with Crippen molar-refractivity contribution >= 4 is 24.0 Å². The quantitative estimate of drug-likeness (QED) is 0.769. The van der Waals surface area contributed by atoms with Gasteiger partial charge in [-0.25, -0.2) is 0 Å². The molecule has 2 aliphatic heterocycles. The van der Waals surface area contributed by atoms with Crippen LogP contribution in [0.1, 0.15) is 30.9 Å². The van der Waals surface area contributed by atoms with Crippen LogP contribution in [0, 0.1) is 29.1 Å². The highest BCUT2D eigenvalue weighted by molar-refractivity contribution is 5.85. The predicted octanol–water partition coefficient (Wildman–Crippen LogP) is 3.19. The van der Waals surface area contributed by atoms with E-state index in [1.54, 1.807) is 12.1 Å². The molecule has 2 N–H and O–H groups in total. The highest BCUT2D eigenvalue weighted by Crippen LogP contribution is 2.37. The average molecular weight is 431 g/mol. The summed E-state index contributed by atoms with van der Waals surface area (Å²) in [5, 5.41) is 15.2. The van der Waals surface area contributed by atoms with Gasteiger partial charge in [-0.05, 0) is 56.3 Å².